The van der Waals surface area contributed by atoms with Gasteiger partial charge in [-0.3, -0.25) is 9.78 Å². The summed E-state index contributed by atoms with van der Waals surface area (Å²) in [6, 6.07) is 3.57. The van der Waals surface area contributed by atoms with Crippen LogP contribution in [0.2, 0.25) is 0 Å². The first-order valence-corrected chi connectivity index (χ1v) is 4.24. The maximum absolute atomic E-state index is 10.9. The van der Waals surface area contributed by atoms with E-state index in [4.69, 9.17) is 5.73 Å². The van der Waals surface area contributed by atoms with Crippen LogP contribution in [0.3, 0.4) is 0 Å². The van der Waals surface area contributed by atoms with Crippen LogP contribution >= 0.6 is 0 Å². The third-order valence-electron chi connectivity index (χ3n) is 2.20. The Bertz CT molecular complexity index is 337. The van der Waals surface area contributed by atoms with E-state index >= 15 is 0 Å². The van der Waals surface area contributed by atoms with Crippen molar-refractivity contribution in [2.24, 2.45) is 0 Å². The lowest BCUT2D eigenvalue weighted by molar-refractivity contribution is -0.119. The number of aromatic nitrogens is 1. The molecule has 1 saturated heterocycles. The van der Waals surface area contributed by atoms with Crippen LogP contribution in [-0.4, -0.2) is 17.4 Å². The highest BCUT2D eigenvalue weighted by atomic mass is 16.1. The van der Waals surface area contributed by atoms with E-state index < -0.39 is 0 Å². The van der Waals surface area contributed by atoms with Crippen molar-refractivity contribution in [1.29, 1.82) is 0 Å². The van der Waals surface area contributed by atoms with E-state index in [2.05, 4.69) is 10.3 Å². The van der Waals surface area contributed by atoms with Gasteiger partial charge in [0.1, 0.15) is 0 Å². The standard InChI is InChI=1S/C9H11N3O/c10-7-1-2-11-8(4-7)6-3-9(13)12-5-6/h1-2,4,6H,3,5H2,(H2,10,11)(H,12,13). The van der Waals surface area contributed by atoms with Crippen LogP contribution in [0.25, 0.3) is 0 Å². The van der Waals surface area contributed by atoms with Crippen LogP contribution in [0.15, 0.2) is 18.3 Å². The van der Waals surface area contributed by atoms with Gasteiger partial charge in [-0.1, -0.05) is 0 Å². The molecule has 0 spiro atoms. The first kappa shape index (κ1) is 8.04. The van der Waals surface area contributed by atoms with Crippen LogP contribution in [0, 0.1) is 0 Å². The molecule has 68 valence electrons. The van der Waals surface area contributed by atoms with Crippen molar-refractivity contribution in [1.82, 2.24) is 10.3 Å². The van der Waals surface area contributed by atoms with Crippen molar-refractivity contribution in [3.05, 3.63) is 24.0 Å². The molecular weight excluding hydrogens is 166 g/mol. The van der Waals surface area contributed by atoms with E-state index in [-0.39, 0.29) is 11.8 Å². The van der Waals surface area contributed by atoms with E-state index in [1.54, 1.807) is 12.3 Å². The SMILES string of the molecule is Nc1ccnc(C2CNC(=O)C2)c1. The summed E-state index contributed by atoms with van der Waals surface area (Å²) in [6.07, 6.45) is 2.20. The summed E-state index contributed by atoms with van der Waals surface area (Å²) >= 11 is 0. The maximum Gasteiger partial charge on any atom is 0.220 e. The Morgan fingerprint density at radius 1 is 1.62 bits per heavy atom. The lowest BCUT2D eigenvalue weighted by atomic mass is 10.0. The second-order valence-electron chi connectivity index (χ2n) is 3.22. The lowest BCUT2D eigenvalue weighted by Gasteiger charge is -2.06. The van der Waals surface area contributed by atoms with Crippen molar-refractivity contribution in [3.8, 4) is 0 Å². The fourth-order valence-corrected chi connectivity index (χ4v) is 1.50. The topological polar surface area (TPSA) is 68.0 Å². The molecule has 3 N–H and O–H groups in total. The van der Waals surface area contributed by atoms with E-state index in [1.807, 2.05) is 6.07 Å². The van der Waals surface area contributed by atoms with Gasteiger partial charge in [0.05, 0.1) is 0 Å². The fourth-order valence-electron chi connectivity index (χ4n) is 1.50. The number of hydrogen-bond donors (Lipinski definition) is 2. The maximum atomic E-state index is 10.9. The molecule has 1 aliphatic rings. The average molecular weight is 177 g/mol. The van der Waals surface area contributed by atoms with Crippen LogP contribution in [-0.2, 0) is 4.79 Å². The molecule has 4 heteroatoms. The molecule has 4 nitrogen and oxygen atoms in total. The predicted octanol–water partition coefficient (Wildman–Crippen LogP) is 0.267. The number of anilines is 1. The number of amides is 1. The molecule has 0 radical (unpaired) electrons. The second kappa shape index (κ2) is 3.05. The molecule has 1 atom stereocenters. The third-order valence-corrected chi connectivity index (χ3v) is 2.20. The molecule has 1 unspecified atom stereocenters. The van der Waals surface area contributed by atoms with Gasteiger partial charge in [-0.15, -0.1) is 0 Å². The van der Waals surface area contributed by atoms with Crippen LogP contribution in [0.1, 0.15) is 18.0 Å². The first-order chi connectivity index (χ1) is 6.25. The summed E-state index contributed by atoms with van der Waals surface area (Å²) in [5.41, 5.74) is 7.22. The van der Waals surface area contributed by atoms with Gasteiger partial charge in [-0.05, 0) is 12.1 Å². The number of carbonyl (C=O) groups excluding carboxylic acids is 1. The first-order valence-electron chi connectivity index (χ1n) is 4.24. The largest absolute Gasteiger partial charge is 0.399 e. The van der Waals surface area contributed by atoms with Crippen molar-refractivity contribution in [3.63, 3.8) is 0 Å². The van der Waals surface area contributed by atoms with Crippen molar-refractivity contribution < 1.29 is 4.79 Å². The van der Waals surface area contributed by atoms with Gasteiger partial charge in [0, 0.05) is 36.5 Å². The molecule has 1 amide bonds. The molecule has 0 aromatic carbocycles. The van der Waals surface area contributed by atoms with Crippen molar-refractivity contribution >= 4 is 11.6 Å². The number of nitrogens with two attached hydrogens (primary N) is 1. The molecule has 0 aliphatic carbocycles. The Morgan fingerprint density at radius 3 is 3.08 bits per heavy atom. The molecule has 1 aliphatic heterocycles. The monoisotopic (exact) mass is 177 g/mol. The zero-order valence-corrected chi connectivity index (χ0v) is 7.16. The highest BCUT2D eigenvalue weighted by molar-refractivity contribution is 5.79. The van der Waals surface area contributed by atoms with E-state index in [0.717, 1.165) is 5.69 Å². The zero-order chi connectivity index (χ0) is 9.26. The van der Waals surface area contributed by atoms with Gasteiger partial charge in [0.2, 0.25) is 5.91 Å². The molecule has 0 bridgehead atoms. The van der Waals surface area contributed by atoms with Crippen molar-refractivity contribution in [2.75, 3.05) is 12.3 Å². The molecule has 1 aromatic rings. The van der Waals surface area contributed by atoms with Crippen LogP contribution < -0.4 is 11.1 Å². The number of hydrogen-bond acceptors (Lipinski definition) is 3. The molecule has 2 heterocycles. The molecule has 2 rings (SSSR count). The van der Waals surface area contributed by atoms with E-state index in [0.29, 0.717) is 18.7 Å². The van der Waals surface area contributed by atoms with E-state index in [1.165, 1.54) is 0 Å². The normalized spacial score (nSPS) is 21.5. The number of nitrogen functional groups attached to an aromatic ring is 1. The minimum Gasteiger partial charge on any atom is -0.399 e. The van der Waals surface area contributed by atoms with Crippen LogP contribution in [0.5, 0.6) is 0 Å². The Balaban J connectivity index is 2.21. The Labute approximate surface area is 76.2 Å². The molecule has 0 saturated carbocycles. The van der Waals surface area contributed by atoms with Crippen molar-refractivity contribution in [2.45, 2.75) is 12.3 Å². The number of rotatable bonds is 1. The van der Waals surface area contributed by atoms with E-state index in [9.17, 15) is 4.79 Å². The third kappa shape index (κ3) is 1.61. The number of carbonyl (C=O) groups is 1. The molecule has 1 aromatic heterocycles. The lowest BCUT2D eigenvalue weighted by Crippen LogP contribution is -2.13. The smallest absolute Gasteiger partial charge is 0.220 e. The summed E-state index contributed by atoms with van der Waals surface area (Å²) in [5.74, 6) is 0.283. The summed E-state index contributed by atoms with van der Waals surface area (Å²) in [7, 11) is 0. The summed E-state index contributed by atoms with van der Waals surface area (Å²) in [5, 5.41) is 2.77. The molecule has 1 fully saturated rings. The Kier molecular flexibility index (Phi) is 1.88. The number of pyridine rings is 1. The second-order valence-corrected chi connectivity index (χ2v) is 3.22. The minimum atomic E-state index is 0.0919. The summed E-state index contributed by atoms with van der Waals surface area (Å²) in [6.45, 7) is 0.676. The fraction of sp³-hybridized carbons (Fsp3) is 0.333. The quantitative estimate of drug-likeness (QED) is 0.646. The summed E-state index contributed by atoms with van der Waals surface area (Å²) in [4.78, 5) is 15.1. The van der Waals surface area contributed by atoms with Gasteiger partial charge < -0.3 is 11.1 Å². The average Bonchev–Trinajstić information content (AvgIpc) is 2.52. The van der Waals surface area contributed by atoms with Gasteiger partial charge >= 0.3 is 0 Å². The highest BCUT2D eigenvalue weighted by Crippen LogP contribution is 2.21. The number of nitrogens with zero attached hydrogens (tertiary/aromatic N) is 1. The van der Waals surface area contributed by atoms with Gasteiger partial charge in [0.25, 0.3) is 0 Å². The van der Waals surface area contributed by atoms with Gasteiger partial charge in [-0.2, -0.15) is 0 Å². The summed E-state index contributed by atoms with van der Waals surface area (Å²) < 4.78 is 0. The molecular formula is C9H11N3O. The van der Waals surface area contributed by atoms with Gasteiger partial charge in [0.15, 0.2) is 0 Å². The Morgan fingerprint density at radius 2 is 2.46 bits per heavy atom. The number of nitrogens with one attached hydrogen (secondary N) is 1. The molecule has 13 heavy (non-hydrogen) atoms. The zero-order valence-electron chi connectivity index (χ0n) is 7.16. The van der Waals surface area contributed by atoms with Crippen LogP contribution in [0.4, 0.5) is 5.69 Å². The minimum absolute atomic E-state index is 0.0919. The van der Waals surface area contributed by atoms with Gasteiger partial charge in [-0.25, -0.2) is 0 Å². The highest BCUT2D eigenvalue weighted by Gasteiger charge is 2.23. The Hall–Kier alpha value is -1.58. The predicted molar refractivity (Wildman–Crippen MR) is 49.0 cm³/mol.